The highest BCUT2D eigenvalue weighted by molar-refractivity contribution is 6.33. The number of hydrogen-bond acceptors (Lipinski definition) is 5. The van der Waals surface area contributed by atoms with E-state index in [2.05, 4.69) is 15.6 Å². The number of halogens is 2. The van der Waals surface area contributed by atoms with E-state index in [9.17, 15) is 4.79 Å². The first-order valence-electron chi connectivity index (χ1n) is 7.61. The van der Waals surface area contributed by atoms with Crippen LogP contribution in [0.3, 0.4) is 0 Å². The van der Waals surface area contributed by atoms with E-state index in [0.29, 0.717) is 16.4 Å². The van der Waals surface area contributed by atoms with Crippen LogP contribution in [0.2, 0.25) is 10.0 Å². The van der Waals surface area contributed by atoms with Crippen LogP contribution in [0.5, 0.6) is 0 Å². The molecule has 3 rings (SSSR count). The molecule has 1 aromatic carbocycles. The van der Waals surface area contributed by atoms with Gasteiger partial charge >= 0.3 is 0 Å². The van der Waals surface area contributed by atoms with Crippen LogP contribution in [-0.2, 0) is 0 Å². The van der Waals surface area contributed by atoms with E-state index in [-0.39, 0.29) is 11.1 Å². The van der Waals surface area contributed by atoms with Gasteiger partial charge in [-0.05, 0) is 45.0 Å². The maximum atomic E-state index is 12.5. The molecule has 0 amide bonds. The molecule has 2 aromatic heterocycles. The number of nitrogens with zero attached hydrogens (tertiary/aromatic N) is 3. The first-order valence-corrected chi connectivity index (χ1v) is 8.37. The maximum Gasteiger partial charge on any atom is 0.292 e. The minimum Gasteiger partial charge on any atom is -0.376 e. The molecule has 0 saturated carbocycles. The second kappa shape index (κ2) is 6.90. The summed E-state index contributed by atoms with van der Waals surface area (Å²) in [6.45, 7) is 5.64. The van der Waals surface area contributed by atoms with Crippen molar-refractivity contribution in [1.29, 1.82) is 0 Å². The van der Waals surface area contributed by atoms with Gasteiger partial charge in [0.05, 0.1) is 29.3 Å². The molecule has 25 heavy (non-hydrogen) atoms. The van der Waals surface area contributed by atoms with E-state index in [1.54, 1.807) is 24.3 Å². The van der Waals surface area contributed by atoms with Gasteiger partial charge in [-0.2, -0.15) is 9.78 Å². The third kappa shape index (κ3) is 3.41. The Labute approximate surface area is 154 Å². The van der Waals surface area contributed by atoms with Crippen molar-refractivity contribution in [2.75, 3.05) is 5.32 Å². The smallest absolute Gasteiger partial charge is 0.292 e. The second-order valence-electron chi connectivity index (χ2n) is 5.67. The van der Waals surface area contributed by atoms with Crippen molar-refractivity contribution in [3.8, 4) is 5.69 Å². The van der Waals surface area contributed by atoms with Gasteiger partial charge in [0.15, 0.2) is 0 Å². The fraction of sp³-hybridized carbons (Fsp3) is 0.235. The molecular formula is C17H16Cl2N4O2. The molecule has 0 aliphatic rings. The average molecular weight is 379 g/mol. The van der Waals surface area contributed by atoms with Crippen molar-refractivity contribution in [2.45, 2.75) is 26.8 Å². The lowest BCUT2D eigenvalue weighted by Crippen LogP contribution is -2.23. The summed E-state index contributed by atoms with van der Waals surface area (Å²) >= 11 is 12.1. The summed E-state index contributed by atoms with van der Waals surface area (Å²) in [6, 6.07) is 6.63. The van der Waals surface area contributed by atoms with Crippen molar-refractivity contribution in [3.63, 3.8) is 0 Å². The van der Waals surface area contributed by atoms with E-state index >= 15 is 0 Å². The van der Waals surface area contributed by atoms with Crippen LogP contribution in [0.4, 0.5) is 5.69 Å². The largest absolute Gasteiger partial charge is 0.376 e. The molecule has 0 saturated heterocycles. The van der Waals surface area contributed by atoms with E-state index in [0.717, 1.165) is 17.0 Å². The van der Waals surface area contributed by atoms with Crippen molar-refractivity contribution < 1.29 is 4.52 Å². The standard InChI is InChI=1S/C17H16Cl2N4O2/c1-9(15-10(2)22-25-11(15)3)21-14-8-20-23(17(24)16(14)19)13-6-4-12(18)5-7-13/h4-9,21H,1-3H3. The fourth-order valence-corrected chi connectivity index (χ4v) is 3.02. The second-order valence-corrected chi connectivity index (χ2v) is 6.48. The van der Waals surface area contributed by atoms with Gasteiger partial charge in [-0.15, -0.1) is 0 Å². The third-order valence-electron chi connectivity index (χ3n) is 3.88. The molecule has 2 heterocycles. The van der Waals surface area contributed by atoms with Gasteiger partial charge in [0, 0.05) is 10.6 Å². The molecule has 8 heteroatoms. The van der Waals surface area contributed by atoms with Crippen LogP contribution in [0.1, 0.15) is 30.0 Å². The van der Waals surface area contributed by atoms with Gasteiger partial charge in [-0.3, -0.25) is 4.79 Å². The van der Waals surface area contributed by atoms with E-state index < -0.39 is 5.56 Å². The molecule has 130 valence electrons. The maximum absolute atomic E-state index is 12.5. The summed E-state index contributed by atoms with van der Waals surface area (Å²) in [5, 5.41) is 12.0. The zero-order chi connectivity index (χ0) is 18.1. The average Bonchev–Trinajstić information content (AvgIpc) is 2.92. The molecule has 6 nitrogen and oxygen atoms in total. The predicted molar refractivity (Wildman–Crippen MR) is 97.9 cm³/mol. The Morgan fingerprint density at radius 3 is 2.48 bits per heavy atom. The monoisotopic (exact) mass is 378 g/mol. The molecule has 3 aromatic rings. The molecular weight excluding hydrogens is 363 g/mol. The topological polar surface area (TPSA) is 73.0 Å². The van der Waals surface area contributed by atoms with Gasteiger partial charge in [-0.1, -0.05) is 28.4 Å². The normalized spacial score (nSPS) is 12.2. The Bertz CT molecular complexity index is 944. The summed E-state index contributed by atoms with van der Waals surface area (Å²) in [6.07, 6.45) is 1.52. The number of benzene rings is 1. The molecule has 0 fully saturated rings. The zero-order valence-corrected chi connectivity index (χ0v) is 15.4. The highest BCUT2D eigenvalue weighted by Crippen LogP contribution is 2.27. The van der Waals surface area contributed by atoms with Crippen molar-refractivity contribution in [3.05, 3.63) is 67.9 Å². The predicted octanol–water partition coefficient (Wildman–Crippen LogP) is 4.32. The summed E-state index contributed by atoms with van der Waals surface area (Å²) in [5.41, 5.74) is 2.33. The van der Waals surface area contributed by atoms with Gasteiger partial charge in [0.25, 0.3) is 5.56 Å². The summed E-state index contributed by atoms with van der Waals surface area (Å²) in [5.74, 6) is 0.719. The Kier molecular flexibility index (Phi) is 4.83. The van der Waals surface area contributed by atoms with Gasteiger partial charge < -0.3 is 9.84 Å². The molecule has 0 radical (unpaired) electrons. The highest BCUT2D eigenvalue weighted by atomic mass is 35.5. The van der Waals surface area contributed by atoms with Crippen LogP contribution in [0, 0.1) is 13.8 Å². The number of anilines is 1. The quantitative estimate of drug-likeness (QED) is 0.731. The fourth-order valence-electron chi connectivity index (χ4n) is 2.71. The minimum absolute atomic E-state index is 0.0589. The SMILES string of the molecule is Cc1noc(C)c1C(C)Nc1cnn(-c2ccc(Cl)cc2)c(=O)c1Cl. The number of hydrogen-bond donors (Lipinski definition) is 1. The van der Waals surface area contributed by atoms with Crippen LogP contribution >= 0.6 is 23.2 Å². The minimum atomic E-state index is -0.417. The number of aryl methyl sites for hydroxylation is 2. The summed E-state index contributed by atoms with van der Waals surface area (Å²) in [7, 11) is 0. The van der Waals surface area contributed by atoms with Crippen LogP contribution in [-0.4, -0.2) is 14.9 Å². The zero-order valence-electron chi connectivity index (χ0n) is 13.9. The van der Waals surface area contributed by atoms with E-state index in [1.165, 1.54) is 10.9 Å². The van der Waals surface area contributed by atoms with E-state index in [1.807, 2.05) is 20.8 Å². The Hall–Kier alpha value is -2.31. The third-order valence-corrected chi connectivity index (χ3v) is 4.50. The lowest BCUT2D eigenvalue weighted by molar-refractivity contribution is 0.392. The molecule has 1 N–H and O–H groups in total. The molecule has 1 atom stereocenters. The van der Waals surface area contributed by atoms with Gasteiger partial charge in [0.2, 0.25) is 0 Å². The molecule has 0 spiro atoms. The van der Waals surface area contributed by atoms with Crippen molar-refractivity contribution in [2.24, 2.45) is 0 Å². The Morgan fingerprint density at radius 1 is 1.20 bits per heavy atom. The molecule has 0 aliphatic carbocycles. The Balaban J connectivity index is 1.93. The van der Waals surface area contributed by atoms with Gasteiger partial charge in [0.1, 0.15) is 10.8 Å². The molecule has 1 unspecified atom stereocenters. The van der Waals surface area contributed by atoms with Gasteiger partial charge in [-0.25, -0.2) is 0 Å². The highest BCUT2D eigenvalue weighted by Gasteiger charge is 2.19. The molecule has 0 aliphatic heterocycles. The van der Waals surface area contributed by atoms with Crippen molar-refractivity contribution >= 4 is 28.9 Å². The number of nitrogens with one attached hydrogen (secondary N) is 1. The lowest BCUT2D eigenvalue weighted by atomic mass is 10.1. The number of aromatic nitrogens is 3. The van der Waals surface area contributed by atoms with Crippen LogP contribution < -0.4 is 10.9 Å². The summed E-state index contributed by atoms with van der Waals surface area (Å²) in [4.78, 5) is 12.5. The first-order chi connectivity index (χ1) is 11.9. The van der Waals surface area contributed by atoms with E-state index in [4.69, 9.17) is 27.7 Å². The summed E-state index contributed by atoms with van der Waals surface area (Å²) < 4.78 is 6.41. The first kappa shape index (κ1) is 17.5. The Morgan fingerprint density at radius 2 is 1.88 bits per heavy atom. The number of rotatable bonds is 4. The van der Waals surface area contributed by atoms with Crippen LogP contribution in [0.25, 0.3) is 5.69 Å². The molecule has 0 bridgehead atoms. The van der Waals surface area contributed by atoms with Crippen molar-refractivity contribution in [1.82, 2.24) is 14.9 Å². The van der Waals surface area contributed by atoms with Crippen LogP contribution in [0.15, 0.2) is 39.8 Å². The lowest BCUT2D eigenvalue weighted by Gasteiger charge is -2.16.